The molecule has 0 aliphatic rings. The van der Waals surface area contributed by atoms with Crippen LogP contribution in [0.4, 0.5) is 11.4 Å². The normalized spacial score (nSPS) is 12.2. The molecule has 0 saturated heterocycles. The number of rotatable bonds is 9. The van der Waals surface area contributed by atoms with Crippen LogP contribution in [-0.4, -0.2) is 18.0 Å². The molecule has 3 N–H and O–H groups in total. The number of hydrogen-bond acceptors (Lipinski definition) is 7. The zero-order valence-corrected chi connectivity index (χ0v) is 20.1. The number of thiophene rings is 1. The maximum absolute atomic E-state index is 12.9. The molecule has 0 bridgehead atoms. The first kappa shape index (κ1) is 23.7. The molecule has 172 valence electrons. The molecule has 0 radical (unpaired) electrons. The fourth-order valence-electron chi connectivity index (χ4n) is 3.40. The fraction of sp³-hybridized carbons (Fsp3) is 0.120. The van der Waals surface area contributed by atoms with Gasteiger partial charge in [0, 0.05) is 33.8 Å². The van der Waals surface area contributed by atoms with Crippen LogP contribution in [0.25, 0.3) is 10.4 Å². The van der Waals surface area contributed by atoms with E-state index >= 15 is 0 Å². The van der Waals surface area contributed by atoms with Gasteiger partial charge in [-0.05, 0) is 58.5 Å². The number of nitrogens with zero attached hydrogens (tertiary/aromatic N) is 1. The van der Waals surface area contributed by atoms with Crippen LogP contribution in [0.1, 0.15) is 27.6 Å². The molecule has 2 aromatic heterocycles. The molecule has 9 heteroatoms. The Hall–Kier alpha value is -3.42. The van der Waals surface area contributed by atoms with Crippen molar-refractivity contribution in [3.63, 3.8) is 0 Å². The summed E-state index contributed by atoms with van der Waals surface area (Å²) in [5.41, 5.74) is 10.3. The van der Waals surface area contributed by atoms with E-state index in [2.05, 4.69) is 10.3 Å². The zero-order chi connectivity index (χ0) is 23.9. The number of benzene rings is 2. The van der Waals surface area contributed by atoms with Crippen LogP contribution >= 0.6 is 19.6 Å². The Morgan fingerprint density at radius 2 is 1.97 bits per heavy atom. The van der Waals surface area contributed by atoms with Crippen molar-refractivity contribution in [1.29, 1.82) is 0 Å². The highest BCUT2D eigenvalue weighted by atomic mass is 32.1. The third-order valence-electron chi connectivity index (χ3n) is 5.16. The average Bonchev–Trinajstić information content (AvgIpc) is 3.41. The monoisotopic (exact) mass is 492 g/mol. The first-order valence-corrected chi connectivity index (χ1v) is 12.4. The van der Waals surface area contributed by atoms with Gasteiger partial charge in [0.05, 0.1) is 18.5 Å². The largest absolute Gasteiger partial charge is 0.697 e. The molecule has 0 aliphatic carbocycles. The minimum Gasteiger partial charge on any atom is -0.397 e. The van der Waals surface area contributed by atoms with Gasteiger partial charge in [-0.25, -0.2) is 0 Å². The van der Waals surface area contributed by atoms with Crippen molar-refractivity contribution in [2.75, 3.05) is 18.2 Å². The van der Waals surface area contributed by atoms with E-state index in [0.29, 0.717) is 23.4 Å². The van der Waals surface area contributed by atoms with Gasteiger partial charge in [0.15, 0.2) is 0 Å². The zero-order valence-electron chi connectivity index (χ0n) is 18.4. The van der Waals surface area contributed by atoms with Crippen molar-refractivity contribution < 1.29 is 18.4 Å². The smallest absolute Gasteiger partial charge is 0.397 e. The second-order valence-corrected chi connectivity index (χ2v) is 9.39. The van der Waals surface area contributed by atoms with Crippen LogP contribution in [0, 0.1) is 0 Å². The Kier molecular flexibility index (Phi) is 7.77. The van der Waals surface area contributed by atoms with E-state index in [1.165, 1.54) is 7.11 Å². The lowest BCUT2D eigenvalue weighted by Crippen LogP contribution is -2.13. The topological polar surface area (TPSA) is 104 Å². The molecular formula is C25H23N3O4PS+. The summed E-state index contributed by atoms with van der Waals surface area (Å²) in [7, 11) is -0.950. The Morgan fingerprint density at radius 1 is 1.15 bits per heavy atom. The van der Waals surface area contributed by atoms with Crippen molar-refractivity contribution in [3.8, 4) is 10.4 Å². The first-order valence-electron chi connectivity index (χ1n) is 10.4. The highest BCUT2D eigenvalue weighted by Gasteiger charge is 2.27. The number of carbonyl (C=O) groups is 1. The Bertz CT molecular complexity index is 1270. The second kappa shape index (κ2) is 11.1. The molecule has 34 heavy (non-hydrogen) atoms. The van der Waals surface area contributed by atoms with Crippen molar-refractivity contribution >= 4 is 36.9 Å². The summed E-state index contributed by atoms with van der Waals surface area (Å²) in [6.07, 6.45) is 3.34. The Balaban J connectivity index is 1.51. The van der Waals surface area contributed by atoms with E-state index < -0.39 is 14.4 Å². The average molecular weight is 493 g/mol. The summed E-state index contributed by atoms with van der Waals surface area (Å²) >= 11 is 1.62. The number of nitrogen functional groups attached to an aromatic ring is 1. The van der Waals surface area contributed by atoms with Gasteiger partial charge in [0.25, 0.3) is 5.91 Å². The number of amides is 1. The van der Waals surface area contributed by atoms with Crippen molar-refractivity contribution in [2.24, 2.45) is 0 Å². The van der Waals surface area contributed by atoms with E-state index in [4.69, 9.17) is 14.8 Å². The summed E-state index contributed by atoms with van der Waals surface area (Å²) < 4.78 is 22.3. The standard InChI is InChI=1S/C25H22N3O4PS/c1-31-33(30)32-23(14-17-4-2-12-27-16-17)18-6-8-19(9-7-18)25(29)28-22-15-20(10-11-21(22)26)24-5-3-13-34-24/h2-13,15-16,23H,14,26H2,1H3/p+1. The van der Waals surface area contributed by atoms with Gasteiger partial charge in [-0.15, -0.1) is 20.4 Å². The van der Waals surface area contributed by atoms with Gasteiger partial charge in [-0.1, -0.05) is 30.3 Å². The van der Waals surface area contributed by atoms with Crippen molar-refractivity contribution in [2.45, 2.75) is 12.5 Å². The van der Waals surface area contributed by atoms with E-state index in [9.17, 15) is 9.36 Å². The SMILES string of the molecule is CO[P+](=O)OC(Cc1cccnc1)c1ccc(C(=O)Nc2cc(-c3cccs3)ccc2N)cc1. The van der Waals surface area contributed by atoms with Crippen LogP contribution in [0.2, 0.25) is 0 Å². The quantitative estimate of drug-likeness (QED) is 0.211. The molecule has 2 aromatic carbocycles. The van der Waals surface area contributed by atoms with Crippen LogP contribution in [0.5, 0.6) is 0 Å². The number of pyridine rings is 1. The predicted octanol–water partition coefficient (Wildman–Crippen LogP) is 6.25. The lowest BCUT2D eigenvalue weighted by atomic mass is 10.0. The number of nitrogens with one attached hydrogen (secondary N) is 1. The van der Waals surface area contributed by atoms with Gasteiger partial charge >= 0.3 is 8.25 Å². The molecule has 2 heterocycles. The molecule has 1 amide bonds. The number of anilines is 2. The van der Waals surface area contributed by atoms with E-state index in [1.807, 2.05) is 41.8 Å². The van der Waals surface area contributed by atoms with Crippen LogP contribution in [0.3, 0.4) is 0 Å². The highest BCUT2D eigenvalue weighted by Crippen LogP contribution is 2.35. The molecule has 0 aliphatic heterocycles. The van der Waals surface area contributed by atoms with E-state index in [-0.39, 0.29) is 5.91 Å². The number of carbonyl (C=O) groups excluding carboxylic acids is 1. The second-order valence-electron chi connectivity index (χ2n) is 7.42. The van der Waals surface area contributed by atoms with E-state index in [1.54, 1.807) is 54.1 Å². The molecule has 2 atom stereocenters. The number of aromatic nitrogens is 1. The molecular weight excluding hydrogens is 469 g/mol. The van der Waals surface area contributed by atoms with Crippen molar-refractivity contribution in [1.82, 2.24) is 4.98 Å². The molecule has 2 unspecified atom stereocenters. The van der Waals surface area contributed by atoms with Crippen LogP contribution < -0.4 is 11.1 Å². The lowest BCUT2D eigenvalue weighted by Gasteiger charge is -2.13. The van der Waals surface area contributed by atoms with Crippen molar-refractivity contribution in [3.05, 3.63) is 101 Å². The minimum absolute atomic E-state index is 0.283. The molecule has 4 aromatic rings. The molecule has 4 rings (SSSR count). The molecule has 0 fully saturated rings. The van der Waals surface area contributed by atoms with Crippen LogP contribution in [0.15, 0.2) is 84.5 Å². The van der Waals surface area contributed by atoms with Gasteiger partial charge in [-0.2, -0.15) is 0 Å². The first-order chi connectivity index (χ1) is 16.5. The van der Waals surface area contributed by atoms with Gasteiger partial charge in [-0.3, -0.25) is 9.78 Å². The van der Waals surface area contributed by atoms with Gasteiger partial charge in [0.1, 0.15) is 6.10 Å². The number of hydrogen-bond donors (Lipinski definition) is 2. The third kappa shape index (κ3) is 5.92. The molecule has 7 nitrogen and oxygen atoms in total. The van der Waals surface area contributed by atoms with E-state index in [0.717, 1.165) is 21.6 Å². The molecule has 0 spiro atoms. The number of nitrogens with two attached hydrogens (primary N) is 1. The summed E-state index contributed by atoms with van der Waals surface area (Å²) in [5.74, 6) is -0.283. The maximum Gasteiger partial charge on any atom is 0.697 e. The fourth-order valence-corrected chi connectivity index (χ4v) is 4.61. The van der Waals surface area contributed by atoms with Gasteiger partial charge < -0.3 is 11.1 Å². The predicted molar refractivity (Wildman–Crippen MR) is 135 cm³/mol. The lowest BCUT2D eigenvalue weighted by molar-refractivity contribution is 0.102. The Morgan fingerprint density at radius 3 is 2.65 bits per heavy atom. The van der Waals surface area contributed by atoms with Gasteiger partial charge in [0.2, 0.25) is 0 Å². The highest BCUT2D eigenvalue weighted by molar-refractivity contribution is 7.33. The maximum atomic E-state index is 12.9. The van der Waals surface area contributed by atoms with Crippen LogP contribution in [-0.2, 0) is 20.0 Å². The third-order valence-corrected chi connectivity index (χ3v) is 6.80. The Labute approximate surface area is 202 Å². The summed E-state index contributed by atoms with van der Waals surface area (Å²) in [5, 5.41) is 4.89. The summed E-state index contributed by atoms with van der Waals surface area (Å²) in [6.45, 7) is 0. The minimum atomic E-state index is -2.28. The summed E-state index contributed by atoms with van der Waals surface area (Å²) in [6, 6.07) is 20.3. The molecule has 0 saturated carbocycles. The summed E-state index contributed by atoms with van der Waals surface area (Å²) in [4.78, 5) is 18.1.